The number of nitrogens with zero attached hydrogens (tertiary/aromatic N) is 3. The van der Waals surface area contributed by atoms with Crippen LogP contribution in [0, 0.1) is 11.8 Å². The lowest BCUT2D eigenvalue weighted by molar-refractivity contribution is 0.0740. The zero-order valence-electron chi connectivity index (χ0n) is 10.8. The quantitative estimate of drug-likeness (QED) is 0.853. The monoisotopic (exact) mass is 248 g/mol. The number of aromatic nitrogens is 2. The van der Waals surface area contributed by atoms with Gasteiger partial charge in [0.1, 0.15) is 11.4 Å². The maximum Gasteiger partial charge on any atom is 0.259 e. The van der Waals surface area contributed by atoms with Crippen molar-refractivity contribution >= 4 is 11.7 Å². The molecular weight excluding hydrogens is 228 g/mol. The number of hydrogen-bond acceptors (Lipinski definition) is 3. The largest absolute Gasteiger partial charge is 0.383 e. The van der Waals surface area contributed by atoms with Gasteiger partial charge in [-0.2, -0.15) is 5.10 Å². The summed E-state index contributed by atoms with van der Waals surface area (Å²) in [5, 5.41) is 4.05. The number of rotatable bonds is 5. The molecule has 2 aliphatic carbocycles. The Kier molecular flexibility index (Phi) is 2.76. The standard InChI is InChI=1S/C13H20N4O/c1-16-12(14)11(6-15-16)13(18)17(7-9-2-3-9)8-10-4-5-10/h6,9-10H,2-5,7-8,14H2,1H3. The lowest BCUT2D eigenvalue weighted by atomic mass is 10.2. The molecular formula is C13H20N4O. The van der Waals surface area contributed by atoms with Crippen molar-refractivity contribution in [3.63, 3.8) is 0 Å². The highest BCUT2D eigenvalue weighted by Gasteiger charge is 2.32. The first-order chi connectivity index (χ1) is 8.65. The number of anilines is 1. The van der Waals surface area contributed by atoms with Crippen LogP contribution in [0.25, 0.3) is 0 Å². The van der Waals surface area contributed by atoms with Crippen LogP contribution in [0.1, 0.15) is 36.0 Å². The molecule has 1 aromatic rings. The number of nitrogens with two attached hydrogens (primary N) is 1. The Morgan fingerprint density at radius 2 is 1.94 bits per heavy atom. The molecule has 0 radical (unpaired) electrons. The van der Waals surface area contributed by atoms with E-state index in [9.17, 15) is 4.79 Å². The Labute approximate surface area is 107 Å². The molecule has 0 aliphatic heterocycles. The van der Waals surface area contributed by atoms with Crippen LogP contribution in [0.3, 0.4) is 0 Å². The summed E-state index contributed by atoms with van der Waals surface area (Å²) >= 11 is 0. The van der Waals surface area contributed by atoms with E-state index < -0.39 is 0 Å². The van der Waals surface area contributed by atoms with Gasteiger partial charge < -0.3 is 10.6 Å². The summed E-state index contributed by atoms with van der Waals surface area (Å²) in [5.41, 5.74) is 6.44. The van der Waals surface area contributed by atoms with E-state index in [0.717, 1.165) is 13.1 Å². The van der Waals surface area contributed by atoms with Gasteiger partial charge in [-0.15, -0.1) is 0 Å². The van der Waals surface area contributed by atoms with E-state index in [2.05, 4.69) is 5.10 Å². The van der Waals surface area contributed by atoms with Gasteiger partial charge in [-0.25, -0.2) is 0 Å². The summed E-state index contributed by atoms with van der Waals surface area (Å²) in [5.74, 6) is 1.95. The second-order valence-electron chi connectivity index (χ2n) is 5.66. The van der Waals surface area contributed by atoms with Gasteiger partial charge in [-0.1, -0.05) is 0 Å². The van der Waals surface area contributed by atoms with Crippen molar-refractivity contribution in [3.05, 3.63) is 11.8 Å². The van der Waals surface area contributed by atoms with E-state index >= 15 is 0 Å². The minimum Gasteiger partial charge on any atom is -0.383 e. The van der Waals surface area contributed by atoms with Gasteiger partial charge >= 0.3 is 0 Å². The molecule has 0 unspecified atom stereocenters. The van der Waals surface area contributed by atoms with Gasteiger partial charge in [0.05, 0.1) is 6.20 Å². The van der Waals surface area contributed by atoms with Crippen molar-refractivity contribution in [2.45, 2.75) is 25.7 Å². The van der Waals surface area contributed by atoms with Crippen LogP contribution in [0.4, 0.5) is 5.82 Å². The maximum atomic E-state index is 12.5. The Morgan fingerprint density at radius 3 is 2.33 bits per heavy atom. The molecule has 2 fully saturated rings. The molecule has 0 aromatic carbocycles. The molecule has 0 bridgehead atoms. The highest BCUT2D eigenvalue weighted by atomic mass is 16.2. The fraction of sp³-hybridized carbons (Fsp3) is 0.692. The number of aryl methyl sites for hydroxylation is 1. The van der Waals surface area contributed by atoms with Gasteiger partial charge in [0.25, 0.3) is 5.91 Å². The fourth-order valence-corrected chi connectivity index (χ4v) is 2.25. The van der Waals surface area contributed by atoms with E-state index in [1.165, 1.54) is 25.7 Å². The van der Waals surface area contributed by atoms with Crippen molar-refractivity contribution in [2.75, 3.05) is 18.8 Å². The van der Waals surface area contributed by atoms with Crippen molar-refractivity contribution in [1.82, 2.24) is 14.7 Å². The predicted molar refractivity (Wildman–Crippen MR) is 69.0 cm³/mol. The zero-order valence-corrected chi connectivity index (χ0v) is 10.8. The van der Waals surface area contributed by atoms with E-state index in [1.54, 1.807) is 17.9 Å². The molecule has 5 nitrogen and oxygen atoms in total. The molecule has 0 saturated heterocycles. The first-order valence-corrected chi connectivity index (χ1v) is 6.72. The molecule has 3 rings (SSSR count). The Bertz CT molecular complexity index is 446. The molecule has 5 heteroatoms. The second kappa shape index (κ2) is 4.30. The summed E-state index contributed by atoms with van der Waals surface area (Å²) in [7, 11) is 1.76. The average molecular weight is 248 g/mol. The average Bonchev–Trinajstić information content (AvgIpc) is 3.23. The third-order valence-corrected chi connectivity index (χ3v) is 3.85. The molecule has 0 spiro atoms. The lowest BCUT2D eigenvalue weighted by Gasteiger charge is -2.22. The smallest absolute Gasteiger partial charge is 0.259 e. The minimum absolute atomic E-state index is 0.0550. The summed E-state index contributed by atoms with van der Waals surface area (Å²) in [4.78, 5) is 14.5. The Balaban J connectivity index is 1.74. The maximum absolute atomic E-state index is 12.5. The number of carbonyl (C=O) groups excluding carboxylic acids is 1. The molecule has 18 heavy (non-hydrogen) atoms. The van der Waals surface area contributed by atoms with Gasteiger partial charge in [-0.05, 0) is 37.5 Å². The molecule has 2 aliphatic rings. The first-order valence-electron chi connectivity index (χ1n) is 6.72. The van der Waals surface area contributed by atoms with Crippen molar-refractivity contribution in [3.8, 4) is 0 Å². The van der Waals surface area contributed by atoms with Gasteiger partial charge in [0.15, 0.2) is 0 Å². The van der Waals surface area contributed by atoms with Gasteiger partial charge in [0.2, 0.25) is 0 Å². The second-order valence-corrected chi connectivity index (χ2v) is 5.66. The van der Waals surface area contributed by atoms with E-state index in [4.69, 9.17) is 5.73 Å². The molecule has 0 atom stereocenters. The van der Waals surface area contributed by atoms with Crippen LogP contribution in [-0.4, -0.2) is 33.7 Å². The van der Waals surface area contributed by atoms with Gasteiger partial charge in [-0.3, -0.25) is 9.48 Å². The van der Waals surface area contributed by atoms with Crippen LogP contribution in [0.15, 0.2) is 6.20 Å². The third kappa shape index (κ3) is 2.35. The van der Waals surface area contributed by atoms with E-state index in [-0.39, 0.29) is 5.91 Å². The van der Waals surface area contributed by atoms with Crippen LogP contribution in [0.2, 0.25) is 0 Å². The summed E-state index contributed by atoms with van der Waals surface area (Å²) in [6.07, 6.45) is 6.63. The molecule has 1 heterocycles. The van der Waals surface area contributed by atoms with E-state index in [1.807, 2.05) is 4.90 Å². The zero-order chi connectivity index (χ0) is 12.7. The SMILES string of the molecule is Cn1ncc(C(=O)N(CC2CC2)CC2CC2)c1N. The molecule has 1 amide bonds. The Hall–Kier alpha value is -1.52. The molecule has 1 aromatic heterocycles. The highest BCUT2D eigenvalue weighted by Crippen LogP contribution is 2.34. The minimum atomic E-state index is 0.0550. The highest BCUT2D eigenvalue weighted by molar-refractivity contribution is 5.98. The van der Waals surface area contributed by atoms with Crippen LogP contribution in [-0.2, 0) is 7.05 Å². The summed E-state index contributed by atoms with van der Waals surface area (Å²) in [6.45, 7) is 1.79. The van der Waals surface area contributed by atoms with Crippen LogP contribution in [0.5, 0.6) is 0 Å². The number of nitrogen functional groups attached to an aromatic ring is 1. The summed E-state index contributed by atoms with van der Waals surface area (Å²) in [6, 6.07) is 0. The number of hydrogen-bond donors (Lipinski definition) is 1. The lowest BCUT2D eigenvalue weighted by Crippen LogP contribution is -2.35. The third-order valence-electron chi connectivity index (χ3n) is 3.85. The first kappa shape index (κ1) is 11.6. The van der Waals surface area contributed by atoms with Crippen molar-refractivity contribution < 1.29 is 4.79 Å². The van der Waals surface area contributed by atoms with Crippen molar-refractivity contribution in [1.29, 1.82) is 0 Å². The number of carbonyl (C=O) groups is 1. The summed E-state index contributed by atoms with van der Waals surface area (Å²) < 4.78 is 1.56. The van der Waals surface area contributed by atoms with Gasteiger partial charge in [0, 0.05) is 20.1 Å². The van der Waals surface area contributed by atoms with E-state index in [0.29, 0.717) is 23.2 Å². The molecule has 2 N–H and O–H groups in total. The van der Waals surface area contributed by atoms with Crippen LogP contribution < -0.4 is 5.73 Å². The normalized spacial score (nSPS) is 18.9. The Morgan fingerprint density at radius 1 is 1.39 bits per heavy atom. The molecule has 98 valence electrons. The van der Waals surface area contributed by atoms with Crippen LogP contribution >= 0.6 is 0 Å². The van der Waals surface area contributed by atoms with Crippen molar-refractivity contribution in [2.24, 2.45) is 18.9 Å². The fourth-order valence-electron chi connectivity index (χ4n) is 2.25. The predicted octanol–water partition coefficient (Wildman–Crippen LogP) is 1.26. The topological polar surface area (TPSA) is 64.2 Å². The molecule has 2 saturated carbocycles. The number of amides is 1.